The summed E-state index contributed by atoms with van der Waals surface area (Å²) in [4.78, 5) is 24.6. The van der Waals surface area contributed by atoms with Gasteiger partial charge in [-0.1, -0.05) is 30.3 Å². The predicted octanol–water partition coefficient (Wildman–Crippen LogP) is 2.99. The summed E-state index contributed by atoms with van der Waals surface area (Å²) in [6.07, 6.45) is 0.659. The van der Waals surface area contributed by atoms with Crippen molar-refractivity contribution in [1.29, 1.82) is 0 Å². The van der Waals surface area contributed by atoms with Crippen molar-refractivity contribution in [3.63, 3.8) is 0 Å². The van der Waals surface area contributed by atoms with Gasteiger partial charge in [0.25, 0.3) is 0 Å². The minimum atomic E-state index is -0.305. The number of hydrogen-bond acceptors (Lipinski definition) is 3. The molecule has 22 heavy (non-hydrogen) atoms. The number of ketones is 1. The molecule has 4 nitrogen and oxygen atoms in total. The second-order valence-electron chi connectivity index (χ2n) is 5.19. The standard InChI is InChI=1S/C17H16ClNO3/c18-9-11-22-17(21)13-8-10-19-14(13)6-7-15(19)16(20)12-4-2-1-3-5-12/h1-7,13H,8-11H2/t13-/m1/s1. The topological polar surface area (TPSA) is 48.3 Å². The monoisotopic (exact) mass is 317 g/mol. The highest BCUT2D eigenvalue weighted by Crippen LogP contribution is 2.32. The zero-order valence-corrected chi connectivity index (χ0v) is 12.8. The van der Waals surface area contributed by atoms with Gasteiger partial charge in [-0.3, -0.25) is 9.59 Å². The lowest BCUT2D eigenvalue weighted by Crippen LogP contribution is -2.15. The van der Waals surface area contributed by atoms with Gasteiger partial charge in [0.15, 0.2) is 0 Å². The molecule has 114 valence electrons. The van der Waals surface area contributed by atoms with E-state index in [4.69, 9.17) is 16.3 Å². The molecular formula is C17H16ClNO3. The summed E-state index contributed by atoms with van der Waals surface area (Å²) < 4.78 is 7.04. The number of rotatable bonds is 5. The highest BCUT2D eigenvalue weighted by Gasteiger charge is 2.32. The molecule has 0 bridgehead atoms. The number of alkyl halides is 1. The normalized spacial score (nSPS) is 16.3. The third kappa shape index (κ3) is 2.66. The highest BCUT2D eigenvalue weighted by molar-refractivity contribution is 6.18. The van der Waals surface area contributed by atoms with E-state index in [-0.39, 0.29) is 30.2 Å². The molecule has 5 heteroatoms. The summed E-state index contributed by atoms with van der Waals surface area (Å²) in [5, 5.41) is 0. The molecule has 0 aliphatic carbocycles. The lowest BCUT2D eigenvalue weighted by Gasteiger charge is -2.08. The summed E-state index contributed by atoms with van der Waals surface area (Å²) >= 11 is 5.54. The molecule has 2 heterocycles. The van der Waals surface area contributed by atoms with Gasteiger partial charge in [-0.15, -0.1) is 11.6 Å². The maximum absolute atomic E-state index is 12.6. The van der Waals surface area contributed by atoms with Crippen LogP contribution in [0.4, 0.5) is 0 Å². The number of fused-ring (bicyclic) bond motifs is 1. The maximum atomic E-state index is 12.6. The number of carbonyl (C=O) groups excluding carboxylic acids is 2. The van der Waals surface area contributed by atoms with E-state index in [9.17, 15) is 9.59 Å². The fraction of sp³-hybridized carbons (Fsp3) is 0.294. The van der Waals surface area contributed by atoms with E-state index >= 15 is 0 Å². The van der Waals surface area contributed by atoms with Gasteiger partial charge in [-0.05, 0) is 18.6 Å². The summed E-state index contributed by atoms with van der Waals surface area (Å²) in [6.45, 7) is 0.865. The van der Waals surface area contributed by atoms with Gasteiger partial charge in [0.2, 0.25) is 5.78 Å². The van der Waals surface area contributed by atoms with Gasteiger partial charge in [0.1, 0.15) is 6.61 Å². The van der Waals surface area contributed by atoms with E-state index in [0.717, 1.165) is 5.69 Å². The van der Waals surface area contributed by atoms with Gasteiger partial charge in [0.05, 0.1) is 17.5 Å². The number of aromatic nitrogens is 1. The minimum Gasteiger partial charge on any atom is -0.464 e. The first-order valence-corrected chi connectivity index (χ1v) is 7.77. The summed E-state index contributed by atoms with van der Waals surface area (Å²) in [5.41, 5.74) is 2.12. The second-order valence-corrected chi connectivity index (χ2v) is 5.57. The van der Waals surface area contributed by atoms with Crippen LogP contribution in [0.5, 0.6) is 0 Å². The molecule has 0 saturated heterocycles. The molecule has 3 rings (SSSR count). The zero-order valence-electron chi connectivity index (χ0n) is 12.0. The third-order valence-corrected chi connectivity index (χ3v) is 4.04. The van der Waals surface area contributed by atoms with Gasteiger partial charge in [0, 0.05) is 17.8 Å². The molecule has 1 atom stereocenters. The molecule has 0 fully saturated rings. The Hall–Kier alpha value is -2.07. The smallest absolute Gasteiger partial charge is 0.315 e. The third-order valence-electron chi connectivity index (χ3n) is 3.89. The molecule has 0 N–H and O–H groups in total. The van der Waals surface area contributed by atoms with Crippen molar-refractivity contribution < 1.29 is 14.3 Å². The number of carbonyl (C=O) groups is 2. The number of esters is 1. The molecule has 1 aromatic carbocycles. The molecule has 1 aliphatic heterocycles. The van der Waals surface area contributed by atoms with Gasteiger partial charge < -0.3 is 9.30 Å². The van der Waals surface area contributed by atoms with E-state index in [1.165, 1.54) is 0 Å². The van der Waals surface area contributed by atoms with Crippen molar-refractivity contribution >= 4 is 23.4 Å². The first-order valence-electron chi connectivity index (χ1n) is 7.24. The molecule has 0 radical (unpaired) electrons. The van der Waals surface area contributed by atoms with E-state index in [2.05, 4.69) is 0 Å². The van der Waals surface area contributed by atoms with Gasteiger partial charge in [-0.25, -0.2) is 0 Å². The number of nitrogens with zero attached hydrogens (tertiary/aromatic N) is 1. The lowest BCUT2D eigenvalue weighted by atomic mass is 10.1. The van der Waals surface area contributed by atoms with Crippen molar-refractivity contribution in [2.24, 2.45) is 0 Å². The van der Waals surface area contributed by atoms with Crippen molar-refractivity contribution in [3.8, 4) is 0 Å². The number of hydrogen-bond donors (Lipinski definition) is 0. The summed E-state index contributed by atoms with van der Waals surface area (Å²) in [5.74, 6) is -0.310. The Morgan fingerprint density at radius 1 is 1.18 bits per heavy atom. The molecule has 0 spiro atoms. The SMILES string of the molecule is O=C(c1ccccc1)c1ccc2n1CC[C@H]2C(=O)OCCCl. The Labute approximate surface area is 133 Å². The zero-order chi connectivity index (χ0) is 15.5. The number of benzene rings is 1. The molecule has 2 aromatic rings. The van der Waals surface area contributed by atoms with Crippen LogP contribution in [0.2, 0.25) is 0 Å². The number of ether oxygens (including phenoxy) is 1. The number of halogens is 1. The fourth-order valence-electron chi connectivity index (χ4n) is 2.86. The van der Waals surface area contributed by atoms with Crippen molar-refractivity contribution in [1.82, 2.24) is 4.57 Å². The largest absolute Gasteiger partial charge is 0.464 e. The molecular weight excluding hydrogens is 302 g/mol. The second kappa shape index (κ2) is 6.36. The van der Waals surface area contributed by atoms with E-state index < -0.39 is 0 Å². The first kappa shape index (κ1) is 14.9. The average molecular weight is 318 g/mol. The van der Waals surface area contributed by atoms with Crippen LogP contribution < -0.4 is 0 Å². The van der Waals surface area contributed by atoms with Crippen LogP contribution in [0.25, 0.3) is 0 Å². The van der Waals surface area contributed by atoms with Crippen LogP contribution >= 0.6 is 11.6 Å². The van der Waals surface area contributed by atoms with Gasteiger partial charge in [-0.2, -0.15) is 0 Å². The Morgan fingerprint density at radius 3 is 2.68 bits per heavy atom. The summed E-state index contributed by atoms with van der Waals surface area (Å²) in [7, 11) is 0. The van der Waals surface area contributed by atoms with Crippen LogP contribution in [-0.4, -0.2) is 28.8 Å². The van der Waals surface area contributed by atoms with Crippen LogP contribution in [0, 0.1) is 0 Å². The molecule has 0 amide bonds. The van der Waals surface area contributed by atoms with E-state index in [1.54, 1.807) is 18.2 Å². The van der Waals surface area contributed by atoms with Crippen LogP contribution in [0.1, 0.15) is 34.1 Å². The quantitative estimate of drug-likeness (QED) is 0.484. The highest BCUT2D eigenvalue weighted by atomic mass is 35.5. The first-order chi connectivity index (χ1) is 10.7. The van der Waals surface area contributed by atoms with Crippen LogP contribution in [-0.2, 0) is 16.1 Å². The average Bonchev–Trinajstić information content (AvgIpc) is 3.14. The molecule has 0 saturated carbocycles. The van der Waals surface area contributed by atoms with E-state index in [0.29, 0.717) is 24.2 Å². The predicted molar refractivity (Wildman–Crippen MR) is 83.3 cm³/mol. The van der Waals surface area contributed by atoms with Crippen molar-refractivity contribution in [2.45, 2.75) is 18.9 Å². The summed E-state index contributed by atoms with van der Waals surface area (Å²) in [6, 6.07) is 12.8. The van der Waals surface area contributed by atoms with Crippen LogP contribution in [0.15, 0.2) is 42.5 Å². The maximum Gasteiger partial charge on any atom is 0.315 e. The Morgan fingerprint density at radius 2 is 1.95 bits per heavy atom. The van der Waals surface area contributed by atoms with Crippen molar-refractivity contribution in [2.75, 3.05) is 12.5 Å². The Kier molecular flexibility index (Phi) is 4.29. The molecule has 1 aromatic heterocycles. The Bertz CT molecular complexity index is 693. The van der Waals surface area contributed by atoms with Crippen molar-refractivity contribution in [3.05, 3.63) is 59.4 Å². The van der Waals surface area contributed by atoms with Gasteiger partial charge >= 0.3 is 5.97 Å². The Balaban J connectivity index is 1.84. The molecule has 0 unspecified atom stereocenters. The minimum absolute atomic E-state index is 0.0263. The lowest BCUT2D eigenvalue weighted by molar-refractivity contribution is -0.144. The fourth-order valence-corrected chi connectivity index (χ4v) is 2.93. The molecule has 1 aliphatic rings. The van der Waals surface area contributed by atoms with E-state index in [1.807, 2.05) is 28.8 Å². The van der Waals surface area contributed by atoms with Crippen LogP contribution in [0.3, 0.4) is 0 Å².